The molecule has 0 saturated carbocycles. The average molecular weight is 335 g/mol. The van der Waals surface area contributed by atoms with Crippen LogP contribution in [0.5, 0.6) is 5.75 Å². The highest BCUT2D eigenvalue weighted by molar-refractivity contribution is 8.10. The molecule has 0 saturated heterocycles. The summed E-state index contributed by atoms with van der Waals surface area (Å²) in [6.45, 7) is 4.70. The number of sulfone groups is 3. The fourth-order valence-corrected chi connectivity index (χ4v) is 3.97. The first kappa shape index (κ1) is 18.4. The van der Waals surface area contributed by atoms with Crippen LogP contribution in [0.4, 0.5) is 0 Å². The lowest BCUT2D eigenvalue weighted by atomic mass is 10.2. The zero-order valence-electron chi connectivity index (χ0n) is 12.7. The Hall–Kier alpha value is -0.620. The number of para-hydroxylation sites is 1. The molecule has 1 aromatic rings. The standard InChI is InChI=1S/C15H25ClO4S/c1-4-5-11-15(16,12-21(17,18,19)13(2)3)20-14-9-7-6-8-10-14/h6-10,13H,4-5,11-12H2,1-3H3,(H2,17,18,19)/p-2. The molecule has 1 aromatic carbocycles. The molecular formula is C15H23ClO4S-2. The normalized spacial score (nSPS) is 17.0. The van der Waals surface area contributed by atoms with E-state index in [1.54, 1.807) is 24.3 Å². The molecule has 0 spiro atoms. The second kappa shape index (κ2) is 6.65. The van der Waals surface area contributed by atoms with Crippen LogP contribution in [0.3, 0.4) is 0 Å². The van der Waals surface area contributed by atoms with Crippen LogP contribution >= 0.6 is 11.6 Å². The average Bonchev–Trinajstić information content (AvgIpc) is 2.36. The number of ether oxygens (including phenoxy) is 1. The molecule has 6 heteroatoms. The molecule has 1 unspecified atom stereocenters. The summed E-state index contributed by atoms with van der Waals surface area (Å²) in [4.78, 5) is 0. The summed E-state index contributed by atoms with van der Waals surface area (Å²) in [6, 6.07) is 8.71. The molecule has 1 atom stereocenters. The number of halogens is 1. The van der Waals surface area contributed by atoms with Gasteiger partial charge in [0.05, 0.1) is 0 Å². The predicted molar refractivity (Wildman–Crippen MR) is 84.9 cm³/mol. The van der Waals surface area contributed by atoms with Gasteiger partial charge in [-0.1, -0.05) is 57.0 Å². The van der Waals surface area contributed by atoms with Gasteiger partial charge in [-0.2, -0.15) is 0 Å². The number of benzene rings is 1. The molecule has 122 valence electrons. The summed E-state index contributed by atoms with van der Waals surface area (Å²) >= 11 is 6.38. The van der Waals surface area contributed by atoms with E-state index in [1.165, 1.54) is 13.8 Å². The van der Waals surface area contributed by atoms with Crippen molar-refractivity contribution in [3.63, 3.8) is 0 Å². The van der Waals surface area contributed by atoms with Crippen molar-refractivity contribution in [2.45, 2.75) is 50.3 Å². The minimum Gasteiger partial charge on any atom is -0.798 e. The lowest BCUT2D eigenvalue weighted by molar-refractivity contribution is 0.157. The van der Waals surface area contributed by atoms with E-state index in [1.807, 2.05) is 13.0 Å². The lowest BCUT2D eigenvalue weighted by Gasteiger charge is -2.61. The van der Waals surface area contributed by atoms with E-state index in [0.29, 0.717) is 18.6 Å². The van der Waals surface area contributed by atoms with Gasteiger partial charge in [-0.25, -0.2) is 9.63 Å². The van der Waals surface area contributed by atoms with Gasteiger partial charge in [-0.05, 0) is 23.8 Å². The first-order chi connectivity index (χ1) is 9.56. The number of hydrogen-bond acceptors (Lipinski definition) is 4. The molecule has 0 fully saturated rings. The largest absolute Gasteiger partial charge is 0.798 e. The van der Waals surface area contributed by atoms with Gasteiger partial charge in [0, 0.05) is 12.2 Å². The maximum absolute atomic E-state index is 12.2. The molecule has 1 rings (SSSR count). The summed E-state index contributed by atoms with van der Waals surface area (Å²) < 4.78 is 42.2. The van der Waals surface area contributed by atoms with Crippen LogP contribution in [0, 0.1) is 0 Å². The van der Waals surface area contributed by atoms with Gasteiger partial charge in [-0.15, -0.1) is 0 Å². The summed E-state index contributed by atoms with van der Waals surface area (Å²) in [5, 5.41) is -2.57. The highest BCUT2D eigenvalue weighted by Crippen LogP contribution is 2.36. The summed E-state index contributed by atoms with van der Waals surface area (Å²) in [5.41, 5.74) is 0. The maximum atomic E-state index is 12.2. The minimum atomic E-state index is -5.34. The van der Waals surface area contributed by atoms with Crippen LogP contribution in [-0.4, -0.2) is 29.4 Å². The van der Waals surface area contributed by atoms with Gasteiger partial charge in [0.25, 0.3) is 0 Å². The first-order valence-corrected chi connectivity index (χ1v) is 9.53. The van der Waals surface area contributed by atoms with Crippen molar-refractivity contribution in [2.24, 2.45) is 0 Å². The second-order valence-corrected chi connectivity index (χ2v) is 9.55. The van der Waals surface area contributed by atoms with E-state index < -0.39 is 25.7 Å². The van der Waals surface area contributed by atoms with Crippen molar-refractivity contribution in [1.82, 2.24) is 0 Å². The highest BCUT2D eigenvalue weighted by atomic mass is 35.5. The van der Waals surface area contributed by atoms with Gasteiger partial charge in [0.2, 0.25) is 0 Å². The topological polar surface area (TPSA) is 72.4 Å². The Morgan fingerprint density at radius 2 is 1.86 bits per heavy atom. The number of hydrogen-bond donors (Lipinski definition) is 0. The molecule has 0 heterocycles. The first-order valence-electron chi connectivity index (χ1n) is 7.10. The van der Waals surface area contributed by atoms with Crippen molar-refractivity contribution in [3.8, 4) is 5.75 Å². The van der Waals surface area contributed by atoms with E-state index in [4.69, 9.17) is 16.3 Å². The van der Waals surface area contributed by atoms with Gasteiger partial charge < -0.3 is 18.1 Å². The molecule has 0 aromatic heterocycles. The fraction of sp³-hybridized carbons (Fsp3) is 0.600. The SMILES string of the molecule is CCCCC(Cl)(CS(=O)([O-])([O-])C(C)C)Oc1ccccc1. The van der Waals surface area contributed by atoms with Gasteiger partial charge >= 0.3 is 0 Å². The van der Waals surface area contributed by atoms with Gasteiger partial charge in [0.15, 0.2) is 5.06 Å². The predicted octanol–water partition coefficient (Wildman–Crippen LogP) is 3.68. The molecule has 0 N–H and O–H groups in total. The van der Waals surface area contributed by atoms with Crippen LogP contribution < -0.4 is 4.74 Å². The monoisotopic (exact) mass is 334 g/mol. The lowest BCUT2D eigenvalue weighted by Crippen LogP contribution is -2.53. The van der Waals surface area contributed by atoms with Crippen LogP contribution in [0.15, 0.2) is 30.3 Å². The summed E-state index contributed by atoms with van der Waals surface area (Å²) in [6.07, 6.45) is 1.81. The molecule has 0 amide bonds. The van der Waals surface area contributed by atoms with E-state index in [0.717, 1.165) is 6.42 Å². The third-order valence-electron chi connectivity index (χ3n) is 3.33. The van der Waals surface area contributed by atoms with E-state index >= 15 is 0 Å². The Bertz CT molecular complexity index is 512. The Balaban J connectivity index is 3.01. The van der Waals surface area contributed by atoms with Crippen molar-refractivity contribution < 1.29 is 18.1 Å². The van der Waals surface area contributed by atoms with Gasteiger partial charge in [-0.3, -0.25) is 0 Å². The summed E-state index contributed by atoms with van der Waals surface area (Å²) in [7, 11) is -5.34. The van der Waals surface area contributed by atoms with E-state index in [9.17, 15) is 13.3 Å². The third kappa shape index (κ3) is 5.58. The molecule has 0 aliphatic rings. The Morgan fingerprint density at radius 3 is 2.33 bits per heavy atom. The molecule has 4 nitrogen and oxygen atoms in total. The number of unbranched alkanes of at least 4 members (excludes halogenated alkanes) is 1. The van der Waals surface area contributed by atoms with Crippen molar-refractivity contribution in [2.75, 3.05) is 5.75 Å². The van der Waals surface area contributed by atoms with E-state index in [2.05, 4.69) is 0 Å². The molecule has 0 bridgehead atoms. The Kier molecular flexibility index (Phi) is 5.83. The van der Waals surface area contributed by atoms with Crippen LogP contribution in [0.2, 0.25) is 0 Å². The zero-order chi connectivity index (χ0) is 16.2. The summed E-state index contributed by atoms with van der Waals surface area (Å²) in [5.74, 6) is -0.284. The van der Waals surface area contributed by atoms with Crippen LogP contribution in [-0.2, 0) is 9.63 Å². The molecular weight excluding hydrogens is 312 g/mol. The molecule has 0 radical (unpaired) electrons. The molecule has 21 heavy (non-hydrogen) atoms. The van der Waals surface area contributed by atoms with Crippen LogP contribution in [0.1, 0.15) is 40.0 Å². The molecule has 0 aliphatic heterocycles. The Labute approximate surface area is 131 Å². The third-order valence-corrected chi connectivity index (χ3v) is 6.70. The molecule has 0 aliphatic carbocycles. The highest BCUT2D eigenvalue weighted by Gasteiger charge is 2.35. The smallest absolute Gasteiger partial charge is 0.190 e. The van der Waals surface area contributed by atoms with E-state index in [-0.39, 0.29) is 0 Å². The van der Waals surface area contributed by atoms with Crippen molar-refractivity contribution in [3.05, 3.63) is 30.3 Å². The van der Waals surface area contributed by atoms with Crippen LogP contribution in [0.25, 0.3) is 0 Å². The fourth-order valence-electron chi connectivity index (χ4n) is 1.85. The quantitative estimate of drug-likeness (QED) is 0.680. The second-order valence-electron chi connectivity index (χ2n) is 5.61. The minimum absolute atomic E-state index is 0.297. The van der Waals surface area contributed by atoms with Crippen molar-refractivity contribution >= 4 is 21.2 Å². The zero-order valence-corrected chi connectivity index (χ0v) is 14.3. The van der Waals surface area contributed by atoms with Gasteiger partial charge in [0.1, 0.15) is 5.75 Å². The number of alkyl halides is 1. The van der Waals surface area contributed by atoms with Crippen molar-refractivity contribution in [1.29, 1.82) is 0 Å². The maximum Gasteiger partial charge on any atom is 0.190 e. The Morgan fingerprint density at radius 1 is 1.29 bits per heavy atom. The number of rotatable bonds is 8.